The molecule has 0 aliphatic rings. The Kier molecular flexibility index (Phi) is 3.23. The fraction of sp³-hybridized carbons (Fsp3) is 0.294. The van der Waals surface area contributed by atoms with Crippen LogP contribution in [0.15, 0.2) is 24.5 Å². The summed E-state index contributed by atoms with van der Waals surface area (Å²) in [6.07, 6.45) is 1.52. The number of fused-ring (bicyclic) bond motifs is 2. The molecule has 24 heavy (non-hydrogen) atoms. The summed E-state index contributed by atoms with van der Waals surface area (Å²) < 4.78 is 3.87. The van der Waals surface area contributed by atoms with Gasteiger partial charge in [0.2, 0.25) is 0 Å². The van der Waals surface area contributed by atoms with Crippen LogP contribution in [-0.4, -0.2) is 29.1 Å². The molecule has 0 atom stereocenters. The zero-order chi connectivity index (χ0) is 16.8. The average molecular weight is 321 g/mol. The standard InChI is InChI=1S/C17H19N7/c1-10-6-5-7-13-15(10)23(4)14(22-13)8-18-16-11(2)12(3)21-17-19-9-20-24(16)17/h5-7,9,18H,8H2,1-4H3. The molecule has 0 amide bonds. The summed E-state index contributed by atoms with van der Waals surface area (Å²) in [6.45, 7) is 6.72. The third kappa shape index (κ3) is 2.12. The van der Waals surface area contributed by atoms with E-state index >= 15 is 0 Å². The van der Waals surface area contributed by atoms with E-state index in [0.717, 1.165) is 28.4 Å². The predicted octanol–water partition coefficient (Wildman–Crippen LogP) is 2.55. The van der Waals surface area contributed by atoms with Crippen LogP contribution in [0.5, 0.6) is 0 Å². The van der Waals surface area contributed by atoms with Gasteiger partial charge in [-0.05, 0) is 32.4 Å². The van der Waals surface area contributed by atoms with Gasteiger partial charge in [-0.15, -0.1) is 0 Å². The first-order chi connectivity index (χ1) is 11.6. The van der Waals surface area contributed by atoms with Crippen LogP contribution in [0.4, 0.5) is 5.82 Å². The lowest BCUT2D eigenvalue weighted by Gasteiger charge is -2.12. The van der Waals surface area contributed by atoms with Gasteiger partial charge < -0.3 is 9.88 Å². The minimum atomic E-state index is 0.599. The summed E-state index contributed by atoms with van der Waals surface area (Å²) in [7, 11) is 2.05. The third-order valence-corrected chi connectivity index (χ3v) is 4.51. The van der Waals surface area contributed by atoms with E-state index < -0.39 is 0 Å². The minimum Gasteiger partial charge on any atom is -0.362 e. The molecular weight excluding hydrogens is 302 g/mol. The summed E-state index contributed by atoms with van der Waals surface area (Å²) in [4.78, 5) is 13.4. The predicted molar refractivity (Wildman–Crippen MR) is 93.0 cm³/mol. The number of benzene rings is 1. The van der Waals surface area contributed by atoms with E-state index in [1.54, 1.807) is 4.52 Å². The monoisotopic (exact) mass is 321 g/mol. The molecule has 0 bridgehead atoms. The van der Waals surface area contributed by atoms with Gasteiger partial charge in [0.05, 0.1) is 17.6 Å². The SMILES string of the molecule is Cc1nc2ncnn2c(NCc2nc3cccc(C)c3n2C)c1C. The molecule has 0 spiro atoms. The lowest BCUT2D eigenvalue weighted by Crippen LogP contribution is -2.12. The molecule has 0 radical (unpaired) electrons. The molecule has 1 N–H and O–H groups in total. The van der Waals surface area contributed by atoms with Gasteiger partial charge >= 0.3 is 0 Å². The molecule has 122 valence electrons. The van der Waals surface area contributed by atoms with Crippen molar-refractivity contribution >= 4 is 22.6 Å². The van der Waals surface area contributed by atoms with Gasteiger partial charge in [0.15, 0.2) is 0 Å². The summed E-state index contributed by atoms with van der Waals surface area (Å²) in [5.41, 5.74) is 5.41. The molecular formula is C17H19N7. The van der Waals surface area contributed by atoms with E-state index in [1.807, 2.05) is 26.0 Å². The van der Waals surface area contributed by atoms with Gasteiger partial charge in [0.1, 0.15) is 18.0 Å². The molecule has 0 saturated heterocycles. The molecule has 0 unspecified atom stereocenters. The Morgan fingerprint density at radius 3 is 2.75 bits per heavy atom. The second-order valence-electron chi connectivity index (χ2n) is 6.03. The first-order valence-electron chi connectivity index (χ1n) is 7.88. The van der Waals surface area contributed by atoms with Crippen LogP contribution in [0.25, 0.3) is 16.8 Å². The maximum absolute atomic E-state index is 4.75. The highest BCUT2D eigenvalue weighted by Crippen LogP contribution is 2.21. The highest BCUT2D eigenvalue weighted by Gasteiger charge is 2.13. The second kappa shape index (κ2) is 5.30. The van der Waals surface area contributed by atoms with Crippen LogP contribution < -0.4 is 5.32 Å². The summed E-state index contributed by atoms with van der Waals surface area (Å²) >= 11 is 0. The van der Waals surface area contributed by atoms with Crippen molar-refractivity contribution in [2.24, 2.45) is 7.05 Å². The Bertz CT molecular complexity index is 1060. The normalized spacial score (nSPS) is 11.5. The Morgan fingerprint density at radius 2 is 1.96 bits per heavy atom. The van der Waals surface area contributed by atoms with Crippen LogP contribution >= 0.6 is 0 Å². The van der Waals surface area contributed by atoms with Crippen molar-refractivity contribution in [2.45, 2.75) is 27.3 Å². The molecule has 0 fully saturated rings. The number of hydrogen-bond acceptors (Lipinski definition) is 5. The van der Waals surface area contributed by atoms with Gasteiger partial charge in [-0.3, -0.25) is 0 Å². The van der Waals surface area contributed by atoms with Gasteiger partial charge in [0, 0.05) is 18.3 Å². The summed E-state index contributed by atoms with van der Waals surface area (Å²) in [6, 6.07) is 6.19. The van der Waals surface area contributed by atoms with Crippen molar-refractivity contribution in [1.29, 1.82) is 0 Å². The topological polar surface area (TPSA) is 72.9 Å². The lowest BCUT2D eigenvalue weighted by atomic mass is 10.2. The van der Waals surface area contributed by atoms with Crippen molar-refractivity contribution < 1.29 is 0 Å². The number of aromatic nitrogens is 6. The number of nitrogens with one attached hydrogen (secondary N) is 1. The molecule has 7 heteroatoms. The summed E-state index contributed by atoms with van der Waals surface area (Å²) in [5, 5.41) is 7.72. The van der Waals surface area contributed by atoms with Crippen LogP contribution in [0.3, 0.4) is 0 Å². The maximum Gasteiger partial charge on any atom is 0.254 e. The highest BCUT2D eigenvalue weighted by atomic mass is 15.4. The number of aryl methyl sites for hydroxylation is 3. The quantitative estimate of drug-likeness (QED) is 0.628. The molecule has 0 aliphatic carbocycles. The number of nitrogens with zero attached hydrogens (tertiary/aromatic N) is 6. The number of hydrogen-bond donors (Lipinski definition) is 1. The van der Waals surface area contributed by atoms with Gasteiger partial charge in [-0.1, -0.05) is 12.1 Å². The first-order valence-corrected chi connectivity index (χ1v) is 7.88. The van der Waals surface area contributed by atoms with E-state index in [0.29, 0.717) is 12.3 Å². The van der Waals surface area contributed by atoms with E-state index in [4.69, 9.17) is 4.98 Å². The number of para-hydroxylation sites is 1. The number of anilines is 1. The molecule has 3 aromatic heterocycles. The minimum absolute atomic E-state index is 0.599. The Balaban J connectivity index is 1.74. The van der Waals surface area contributed by atoms with E-state index in [2.05, 4.69) is 45.0 Å². The molecule has 3 heterocycles. The summed E-state index contributed by atoms with van der Waals surface area (Å²) in [5.74, 6) is 2.47. The Morgan fingerprint density at radius 1 is 1.12 bits per heavy atom. The fourth-order valence-corrected chi connectivity index (χ4v) is 3.07. The van der Waals surface area contributed by atoms with Crippen molar-refractivity contribution in [1.82, 2.24) is 29.1 Å². The van der Waals surface area contributed by atoms with Gasteiger partial charge in [-0.25, -0.2) is 9.97 Å². The van der Waals surface area contributed by atoms with Crippen molar-refractivity contribution in [3.8, 4) is 0 Å². The molecule has 0 aliphatic heterocycles. The van der Waals surface area contributed by atoms with E-state index in [1.165, 1.54) is 17.4 Å². The second-order valence-corrected chi connectivity index (χ2v) is 6.03. The molecule has 4 aromatic rings. The van der Waals surface area contributed by atoms with Crippen molar-refractivity contribution in [2.75, 3.05) is 5.32 Å². The van der Waals surface area contributed by atoms with Crippen LogP contribution in [0, 0.1) is 20.8 Å². The number of rotatable bonds is 3. The zero-order valence-electron chi connectivity index (χ0n) is 14.2. The van der Waals surface area contributed by atoms with E-state index in [9.17, 15) is 0 Å². The fourth-order valence-electron chi connectivity index (χ4n) is 3.07. The third-order valence-electron chi connectivity index (χ3n) is 4.51. The largest absolute Gasteiger partial charge is 0.362 e. The van der Waals surface area contributed by atoms with Crippen molar-refractivity contribution in [3.05, 3.63) is 47.2 Å². The maximum atomic E-state index is 4.75. The smallest absolute Gasteiger partial charge is 0.254 e. The van der Waals surface area contributed by atoms with E-state index in [-0.39, 0.29) is 0 Å². The van der Waals surface area contributed by atoms with Crippen molar-refractivity contribution in [3.63, 3.8) is 0 Å². The van der Waals surface area contributed by atoms with Gasteiger partial charge in [-0.2, -0.15) is 14.6 Å². The van der Waals surface area contributed by atoms with Crippen LogP contribution in [0.1, 0.15) is 22.6 Å². The molecule has 7 nitrogen and oxygen atoms in total. The molecule has 4 rings (SSSR count). The van der Waals surface area contributed by atoms with Gasteiger partial charge in [0.25, 0.3) is 5.78 Å². The Hall–Kier alpha value is -2.96. The highest BCUT2D eigenvalue weighted by molar-refractivity contribution is 5.79. The number of imidazole rings is 1. The van der Waals surface area contributed by atoms with Crippen LogP contribution in [0.2, 0.25) is 0 Å². The average Bonchev–Trinajstić information content (AvgIpc) is 3.13. The molecule has 1 aromatic carbocycles. The first kappa shape index (κ1) is 14.6. The van der Waals surface area contributed by atoms with Crippen LogP contribution in [-0.2, 0) is 13.6 Å². The zero-order valence-corrected chi connectivity index (χ0v) is 14.2. The molecule has 0 saturated carbocycles. The Labute approximate surface area is 139 Å². The lowest BCUT2D eigenvalue weighted by molar-refractivity contribution is 0.818.